The quantitative estimate of drug-likeness (QED) is 0.421. The molecule has 4 rings (SSSR count). The second-order valence-corrected chi connectivity index (χ2v) is 10.4. The first-order chi connectivity index (χ1) is 14.6. The fourth-order valence-electron chi connectivity index (χ4n) is 5.23. The molecule has 6 heteroatoms. The van der Waals surface area contributed by atoms with Crippen LogP contribution < -0.4 is 5.32 Å². The van der Waals surface area contributed by atoms with Gasteiger partial charge >= 0.3 is 5.97 Å². The molecule has 0 aliphatic heterocycles. The molecule has 2 unspecified atom stereocenters. The number of halogens is 1. The minimum absolute atomic E-state index is 0.0104. The second kappa shape index (κ2) is 7.59. The smallest absolute Gasteiger partial charge is 0.326 e. The van der Waals surface area contributed by atoms with E-state index in [0.717, 1.165) is 34.3 Å². The summed E-state index contributed by atoms with van der Waals surface area (Å²) in [5.41, 5.74) is 1.90. The number of hydrogen-bond donors (Lipinski definition) is 1. The number of hydrogen-bond acceptors (Lipinski definition) is 4. The molecule has 0 saturated heterocycles. The SMILES string of the molecule is Cc1cccc(NC(=O)C23CCC(C)(/C(=N/OC(=O)c4ccc(Br)cc4)C2)C3(C)C)c1. The van der Waals surface area contributed by atoms with Gasteiger partial charge in [0.1, 0.15) is 0 Å². The highest BCUT2D eigenvalue weighted by Crippen LogP contribution is 2.71. The Morgan fingerprint density at radius 2 is 1.77 bits per heavy atom. The van der Waals surface area contributed by atoms with E-state index in [0.29, 0.717) is 12.0 Å². The second-order valence-electron chi connectivity index (χ2n) is 9.46. The van der Waals surface area contributed by atoms with Gasteiger partial charge in [-0.05, 0) is 67.1 Å². The first kappa shape index (κ1) is 21.8. The topological polar surface area (TPSA) is 67.8 Å². The van der Waals surface area contributed by atoms with Gasteiger partial charge in [0.2, 0.25) is 5.91 Å². The van der Waals surface area contributed by atoms with Crippen LogP contribution in [0.2, 0.25) is 0 Å². The summed E-state index contributed by atoms with van der Waals surface area (Å²) in [5.74, 6) is -0.487. The maximum Gasteiger partial charge on any atom is 0.365 e. The number of benzene rings is 2. The average Bonchev–Trinajstić information content (AvgIpc) is 3.03. The van der Waals surface area contributed by atoms with Crippen LogP contribution in [0.1, 0.15) is 56.0 Å². The van der Waals surface area contributed by atoms with Crippen molar-refractivity contribution in [3.63, 3.8) is 0 Å². The van der Waals surface area contributed by atoms with Crippen LogP contribution in [0.15, 0.2) is 58.2 Å². The monoisotopic (exact) mass is 482 g/mol. The molecule has 2 aliphatic rings. The van der Waals surface area contributed by atoms with Crippen LogP contribution in [0.3, 0.4) is 0 Å². The molecule has 2 saturated carbocycles. The fourth-order valence-corrected chi connectivity index (χ4v) is 5.50. The van der Waals surface area contributed by atoms with E-state index >= 15 is 0 Å². The summed E-state index contributed by atoms with van der Waals surface area (Å²) < 4.78 is 0.888. The minimum Gasteiger partial charge on any atom is -0.326 e. The van der Waals surface area contributed by atoms with Crippen LogP contribution in [0, 0.1) is 23.2 Å². The van der Waals surface area contributed by atoms with E-state index in [2.05, 4.69) is 47.2 Å². The van der Waals surface area contributed by atoms with Crippen LogP contribution in [-0.2, 0) is 9.63 Å². The van der Waals surface area contributed by atoms with Crippen LogP contribution in [-0.4, -0.2) is 17.6 Å². The lowest BCUT2D eigenvalue weighted by molar-refractivity contribution is -0.130. The number of carbonyl (C=O) groups excluding carboxylic acids is 2. The maximum absolute atomic E-state index is 13.5. The van der Waals surface area contributed by atoms with E-state index in [1.165, 1.54) is 0 Å². The maximum atomic E-state index is 13.5. The van der Waals surface area contributed by atoms with Gasteiger partial charge in [-0.15, -0.1) is 0 Å². The molecule has 31 heavy (non-hydrogen) atoms. The standard InChI is InChI=1S/C25H27BrN2O3/c1-16-6-5-7-19(14-16)27-22(30)25-13-12-24(4,23(25,2)3)20(15-25)28-31-21(29)17-8-10-18(26)11-9-17/h5-11,14H,12-13,15H2,1-4H3,(H,27,30)/b28-20+. The van der Waals surface area contributed by atoms with Crippen LogP contribution in [0.5, 0.6) is 0 Å². The number of nitrogens with one attached hydrogen (secondary N) is 1. The molecule has 5 nitrogen and oxygen atoms in total. The molecule has 0 aromatic heterocycles. The summed E-state index contributed by atoms with van der Waals surface area (Å²) in [7, 11) is 0. The number of rotatable bonds is 4. The van der Waals surface area contributed by atoms with Gasteiger partial charge in [0.05, 0.1) is 16.7 Å². The summed E-state index contributed by atoms with van der Waals surface area (Å²) in [4.78, 5) is 31.3. The number of carbonyl (C=O) groups is 2. The van der Waals surface area contributed by atoms with Crippen molar-refractivity contribution >= 4 is 39.2 Å². The predicted octanol–water partition coefficient (Wildman–Crippen LogP) is 6.13. The predicted molar refractivity (Wildman–Crippen MR) is 125 cm³/mol. The molecule has 0 spiro atoms. The van der Waals surface area contributed by atoms with Gasteiger partial charge in [-0.25, -0.2) is 4.79 Å². The van der Waals surface area contributed by atoms with Gasteiger partial charge in [0, 0.05) is 22.0 Å². The lowest BCUT2D eigenvalue weighted by atomic mass is 9.64. The van der Waals surface area contributed by atoms with E-state index in [4.69, 9.17) is 4.84 Å². The molecule has 0 heterocycles. The Balaban J connectivity index is 1.58. The highest BCUT2D eigenvalue weighted by Gasteiger charge is 2.71. The molecule has 1 N–H and O–H groups in total. The molecule has 2 aliphatic carbocycles. The summed E-state index contributed by atoms with van der Waals surface area (Å²) in [6, 6.07) is 14.8. The van der Waals surface area contributed by atoms with E-state index in [-0.39, 0.29) is 16.7 Å². The highest BCUT2D eigenvalue weighted by atomic mass is 79.9. The summed E-state index contributed by atoms with van der Waals surface area (Å²) >= 11 is 3.36. The van der Waals surface area contributed by atoms with Crippen molar-refractivity contribution in [2.24, 2.45) is 21.4 Å². The molecule has 2 aromatic carbocycles. The first-order valence-corrected chi connectivity index (χ1v) is 11.3. The van der Waals surface area contributed by atoms with Gasteiger partial charge in [0.25, 0.3) is 0 Å². The number of amides is 1. The summed E-state index contributed by atoms with van der Waals surface area (Å²) in [6.45, 7) is 8.41. The lowest BCUT2D eigenvalue weighted by Crippen LogP contribution is -2.43. The minimum atomic E-state index is -0.589. The van der Waals surface area contributed by atoms with E-state index in [1.54, 1.807) is 24.3 Å². The zero-order chi connectivity index (χ0) is 22.4. The Hall–Kier alpha value is -2.47. The fraction of sp³-hybridized carbons (Fsp3) is 0.400. The van der Waals surface area contributed by atoms with Crippen molar-refractivity contribution in [2.45, 2.75) is 47.0 Å². The van der Waals surface area contributed by atoms with Crippen LogP contribution >= 0.6 is 15.9 Å². The molecule has 0 radical (unpaired) electrons. The molecule has 2 fully saturated rings. The summed E-state index contributed by atoms with van der Waals surface area (Å²) in [6.07, 6.45) is 2.10. The molecule has 2 aromatic rings. The van der Waals surface area contributed by atoms with E-state index in [1.807, 2.05) is 31.2 Å². The van der Waals surface area contributed by atoms with Crippen LogP contribution in [0.25, 0.3) is 0 Å². The zero-order valence-corrected chi connectivity index (χ0v) is 19.9. The van der Waals surface area contributed by atoms with E-state index < -0.39 is 11.4 Å². The van der Waals surface area contributed by atoms with Gasteiger partial charge in [-0.3, -0.25) is 4.79 Å². The lowest BCUT2D eigenvalue weighted by Gasteiger charge is -2.39. The molecule has 2 bridgehead atoms. The first-order valence-electron chi connectivity index (χ1n) is 10.5. The zero-order valence-electron chi connectivity index (χ0n) is 18.3. The number of anilines is 1. The largest absolute Gasteiger partial charge is 0.365 e. The number of nitrogens with zero attached hydrogens (tertiary/aromatic N) is 1. The third kappa shape index (κ3) is 3.41. The molecule has 1 amide bonds. The van der Waals surface area contributed by atoms with Gasteiger partial charge in [-0.2, -0.15) is 0 Å². The normalized spacial score (nSPS) is 27.3. The third-order valence-corrected chi connectivity index (χ3v) is 8.29. The van der Waals surface area contributed by atoms with Gasteiger partial charge in [-0.1, -0.05) is 54.0 Å². The van der Waals surface area contributed by atoms with E-state index in [9.17, 15) is 9.59 Å². The van der Waals surface area contributed by atoms with Crippen molar-refractivity contribution in [3.05, 3.63) is 64.1 Å². The Morgan fingerprint density at radius 1 is 1.06 bits per heavy atom. The Bertz CT molecular complexity index is 1080. The molecular formula is C25H27BrN2O3. The highest BCUT2D eigenvalue weighted by molar-refractivity contribution is 9.10. The number of aryl methyl sites for hydroxylation is 1. The van der Waals surface area contributed by atoms with Gasteiger partial charge in [0.15, 0.2) is 0 Å². The molecule has 2 atom stereocenters. The van der Waals surface area contributed by atoms with Crippen molar-refractivity contribution < 1.29 is 14.4 Å². The average molecular weight is 483 g/mol. The van der Waals surface area contributed by atoms with Crippen molar-refractivity contribution in [3.8, 4) is 0 Å². The molecule has 162 valence electrons. The van der Waals surface area contributed by atoms with Crippen LogP contribution in [0.4, 0.5) is 5.69 Å². The number of fused-ring (bicyclic) bond motifs is 2. The van der Waals surface area contributed by atoms with Crippen molar-refractivity contribution in [1.82, 2.24) is 0 Å². The van der Waals surface area contributed by atoms with Crippen molar-refractivity contribution in [2.75, 3.05) is 5.32 Å². The third-order valence-electron chi connectivity index (χ3n) is 7.76. The van der Waals surface area contributed by atoms with Crippen molar-refractivity contribution in [1.29, 1.82) is 0 Å². The molecular weight excluding hydrogens is 456 g/mol. The number of oxime groups is 1. The Morgan fingerprint density at radius 3 is 2.45 bits per heavy atom. The Labute approximate surface area is 191 Å². The Kier molecular flexibility index (Phi) is 5.32. The summed E-state index contributed by atoms with van der Waals surface area (Å²) in [5, 5.41) is 7.42. The van der Waals surface area contributed by atoms with Gasteiger partial charge < -0.3 is 10.2 Å².